The number of rotatable bonds is 2. The SMILES string of the molecule is CN1CCC(O)(C#Cc2cccc(-n3nc(C(N)=O)c4ccccc43)c2)C1=O. The molecule has 0 saturated carbocycles. The average Bonchev–Trinajstić information content (AvgIpc) is 3.21. The molecular weight excluding hydrogens is 356 g/mol. The number of carbonyl (C=O) groups is 2. The Bertz CT molecular complexity index is 1170. The van der Waals surface area contributed by atoms with Crippen LogP contribution in [0.15, 0.2) is 48.5 Å². The Morgan fingerprint density at radius 2 is 2.04 bits per heavy atom. The standard InChI is InChI=1S/C21H18N4O3/c1-24-12-11-21(28,20(24)27)10-9-14-5-4-6-15(13-14)25-17-8-3-2-7-16(17)18(23-25)19(22)26/h2-8,13,28H,11-12H2,1H3,(H2,22,26). The maximum absolute atomic E-state index is 12.1. The van der Waals surface area contributed by atoms with Crippen LogP contribution in [-0.2, 0) is 4.79 Å². The first-order valence-electron chi connectivity index (χ1n) is 8.78. The van der Waals surface area contributed by atoms with Gasteiger partial charge in [0.1, 0.15) is 0 Å². The topological polar surface area (TPSA) is 101 Å². The number of fused-ring (bicyclic) bond motifs is 1. The molecule has 140 valence electrons. The zero-order valence-corrected chi connectivity index (χ0v) is 15.2. The second-order valence-electron chi connectivity index (χ2n) is 6.78. The molecule has 1 saturated heterocycles. The molecule has 1 aliphatic rings. The van der Waals surface area contributed by atoms with Crippen LogP contribution < -0.4 is 5.73 Å². The third kappa shape index (κ3) is 2.90. The summed E-state index contributed by atoms with van der Waals surface area (Å²) in [5.41, 5.74) is 6.06. The highest BCUT2D eigenvalue weighted by atomic mass is 16.3. The quantitative estimate of drug-likeness (QED) is 0.655. The number of likely N-dealkylation sites (tertiary alicyclic amines) is 1. The van der Waals surface area contributed by atoms with Crippen molar-refractivity contribution in [3.63, 3.8) is 0 Å². The summed E-state index contributed by atoms with van der Waals surface area (Å²) in [6.07, 6.45) is 0.279. The van der Waals surface area contributed by atoms with E-state index in [1.165, 1.54) is 4.90 Å². The fourth-order valence-corrected chi connectivity index (χ4v) is 3.31. The molecule has 1 atom stereocenters. The molecule has 1 unspecified atom stereocenters. The van der Waals surface area contributed by atoms with Crippen LogP contribution in [-0.4, -0.2) is 50.8 Å². The summed E-state index contributed by atoms with van der Waals surface area (Å²) < 4.78 is 1.63. The fourth-order valence-electron chi connectivity index (χ4n) is 3.31. The van der Waals surface area contributed by atoms with Gasteiger partial charge in [-0.2, -0.15) is 5.10 Å². The maximum Gasteiger partial charge on any atom is 0.269 e. The van der Waals surface area contributed by atoms with E-state index in [9.17, 15) is 14.7 Å². The molecular formula is C21H18N4O3. The molecule has 0 aliphatic carbocycles. The number of carbonyl (C=O) groups excluding carboxylic acids is 2. The number of aromatic nitrogens is 2. The minimum Gasteiger partial charge on any atom is -0.369 e. The first-order valence-corrected chi connectivity index (χ1v) is 8.78. The molecule has 2 heterocycles. The molecule has 1 fully saturated rings. The van der Waals surface area contributed by atoms with Crippen LogP contribution in [0.2, 0.25) is 0 Å². The number of likely N-dealkylation sites (N-methyl/N-ethyl adjacent to an activating group) is 1. The Morgan fingerprint density at radius 3 is 2.75 bits per heavy atom. The summed E-state index contributed by atoms with van der Waals surface area (Å²) >= 11 is 0. The van der Waals surface area contributed by atoms with Crippen molar-refractivity contribution in [1.82, 2.24) is 14.7 Å². The molecule has 1 aliphatic heterocycles. The van der Waals surface area contributed by atoms with Crippen molar-refractivity contribution in [1.29, 1.82) is 0 Å². The van der Waals surface area contributed by atoms with Gasteiger partial charge >= 0.3 is 0 Å². The fraction of sp³-hybridized carbons (Fsp3) is 0.190. The van der Waals surface area contributed by atoms with Crippen LogP contribution in [0.4, 0.5) is 0 Å². The highest BCUT2D eigenvalue weighted by molar-refractivity contribution is 6.04. The maximum atomic E-state index is 12.1. The molecule has 0 spiro atoms. The molecule has 7 nitrogen and oxygen atoms in total. The number of amides is 2. The second kappa shape index (κ2) is 6.51. The van der Waals surface area contributed by atoms with Gasteiger partial charge in [-0.25, -0.2) is 4.68 Å². The molecule has 4 rings (SSSR count). The second-order valence-corrected chi connectivity index (χ2v) is 6.78. The third-order valence-corrected chi connectivity index (χ3v) is 4.83. The molecule has 2 aromatic carbocycles. The number of nitrogens with zero attached hydrogens (tertiary/aromatic N) is 3. The predicted molar refractivity (Wildman–Crippen MR) is 104 cm³/mol. The van der Waals surface area contributed by atoms with Gasteiger partial charge in [0, 0.05) is 31.0 Å². The highest BCUT2D eigenvalue weighted by Gasteiger charge is 2.42. The summed E-state index contributed by atoms with van der Waals surface area (Å²) in [5.74, 6) is 4.60. The van der Waals surface area contributed by atoms with Crippen LogP contribution in [0.1, 0.15) is 22.5 Å². The van der Waals surface area contributed by atoms with Crippen LogP contribution in [0.25, 0.3) is 16.6 Å². The summed E-state index contributed by atoms with van der Waals surface area (Å²) in [5, 5.41) is 15.5. The molecule has 3 N–H and O–H groups in total. The lowest BCUT2D eigenvalue weighted by atomic mass is 10.0. The van der Waals surface area contributed by atoms with E-state index in [1.54, 1.807) is 36.0 Å². The number of primary amides is 1. The van der Waals surface area contributed by atoms with Gasteiger partial charge in [0.2, 0.25) is 5.60 Å². The number of hydrogen-bond acceptors (Lipinski definition) is 4. The van der Waals surface area contributed by atoms with Crippen molar-refractivity contribution in [2.45, 2.75) is 12.0 Å². The van der Waals surface area contributed by atoms with E-state index in [0.717, 1.165) is 5.52 Å². The molecule has 2 amide bonds. The number of benzene rings is 2. The van der Waals surface area contributed by atoms with Gasteiger partial charge in [-0.1, -0.05) is 36.1 Å². The van der Waals surface area contributed by atoms with Crippen LogP contribution in [0, 0.1) is 11.8 Å². The number of para-hydroxylation sites is 1. The Balaban J connectivity index is 1.76. The van der Waals surface area contributed by atoms with Crippen LogP contribution >= 0.6 is 0 Å². The summed E-state index contributed by atoms with van der Waals surface area (Å²) in [7, 11) is 1.64. The monoisotopic (exact) mass is 374 g/mol. The van der Waals surface area contributed by atoms with Crippen molar-refractivity contribution >= 4 is 22.7 Å². The Labute approximate surface area is 161 Å². The predicted octanol–water partition coefficient (Wildman–Crippen LogP) is 1.07. The van der Waals surface area contributed by atoms with Crippen molar-refractivity contribution in [2.75, 3.05) is 13.6 Å². The Hall–Kier alpha value is -3.63. The van der Waals surface area contributed by atoms with E-state index in [1.807, 2.05) is 24.3 Å². The van der Waals surface area contributed by atoms with E-state index in [-0.39, 0.29) is 18.0 Å². The third-order valence-electron chi connectivity index (χ3n) is 4.83. The largest absolute Gasteiger partial charge is 0.369 e. The van der Waals surface area contributed by atoms with Gasteiger partial charge in [-0.05, 0) is 24.3 Å². The molecule has 7 heteroatoms. The van der Waals surface area contributed by atoms with Crippen molar-refractivity contribution in [3.8, 4) is 17.5 Å². The minimum atomic E-state index is -1.65. The average molecular weight is 374 g/mol. The lowest BCUT2D eigenvalue weighted by Crippen LogP contribution is -2.37. The van der Waals surface area contributed by atoms with Gasteiger partial charge in [-0.3, -0.25) is 9.59 Å². The van der Waals surface area contributed by atoms with E-state index in [4.69, 9.17) is 5.73 Å². The van der Waals surface area contributed by atoms with Crippen molar-refractivity contribution in [3.05, 3.63) is 59.8 Å². The van der Waals surface area contributed by atoms with Gasteiger partial charge in [0.15, 0.2) is 5.69 Å². The Morgan fingerprint density at radius 1 is 1.25 bits per heavy atom. The normalized spacial score (nSPS) is 18.9. The lowest BCUT2D eigenvalue weighted by Gasteiger charge is -2.13. The molecule has 0 bridgehead atoms. The first-order chi connectivity index (χ1) is 13.4. The summed E-state index contributed by atoms with van der Waals surface area (Å²) in [6, 6.07) is 14.5. The summed E-state index contributed by atoms with van der Waals surface area (Å²) in [4.78, 5) is 25.3. The lowest BCUT2D eigenvalue weighted by molar-refractivity contribution is -0.137. The summed E-state index contributed by atoms with van der Waals surface area (Å²) in [6.45, 7) is 0.471. The van der Waals surface area contributed by atoms with E-state index in [0.29, 0.717) is 23.2 Å². The van der Waals surface area contributed by atoms with Crippen molar-refractivity contribution < 1.29 is 14.7 Å². The Kier molecular flexibility index (Phi) is 4.13. The molecule has 1 aromatic heterocycles. The number of nitrogens with two attached hydrogens (primary N) is 1. The van der Waals surface area contributed by atoms with Crippen LogP contribution in [0.5, 0.6) is 0 Å². The molecule has 3 aromatic rings. The first kappa shape index (κ1) is 17.8. The highest BCUT2D eigenvalue weighted by Crippen LogP contribution is 2.23. The number of aliphatic hydroxyl groups is 1. The van der Waals surface area contributed by atoms with Gasteiger partial charge in [-0.15, -0.1) is 0 Å². The molecule has 28 heavy (non-hydrogen) atoms. The zero-order chi connectivity index (χ0) is 19.9. The minimum absolute atomic E-state index is 0.195. The van der Waals surface area contributed by atoms with E-state index >= 15 is 0 Å². The smallest absolute Gasteiger partial charge is 0.269 e. The van der Waals surface area contributed by atoms with Gasteiger partial charge in [0.05, 0.1) is 11.2 Å². The number of hydrogen-bond donors (Lipinski definition) is 2. The zero-order valence-electron chi connectivity index (χ0n) is 15.2. The van der Waals surface area contributed by atoms with E-state index in [2.05, 4.69) is 16.9 Å². The van der Waals surface area contributed by atoms with Gasteiger partial charge in [0.25, 0.3) is 11.8 Å². The van der Waals surface area contributed by atoms with Gasteiger partial charge < -0.3 is 15.7 Å². The molecule has 0 radical (unpaired) electrons. The van der Waals surface area contributed by atoms with E-state index < -0.39 is 11.5 Å². The van der Waals surface area contributed by atoms with Crippen molar-refractivity contribution in [2.24, 2.45) is 5.73 Å². The van der Waals surface area contributed by atoms with Crippen LogP contribution in [0.3, 0.4) is 0 Å².